The molecule has 2 nitrogen and oxygen atoms in total. The highest BCUT2D eigenvalue weighted by molar-refractivity contribution is 9.10. The van der Waals surface area contributed by atoms with E-state index in [2.05, 4.69) is 72.0 Å². The molecule has 0 amide bonds. The summed E-state index contributed by atoms with van der Waals surface area (Å²) in [5.74, 6) is 0. The van der Waals surface area contributed by atoms with Crippen molar-refractivity contribution in [3.63, 3.8) is 0 Å². The van der Waals surface area contributed by atoms with E-state index in [1.165, 1.54) is 22.1 Å². The first-order valence-corrected chi connectivity index (χ1v) is 8.07. The summed E-state index contributed by atoms with van der Waals surface area (Å²) < 4.78 is 1.21. The molecule has 1 saturated heterocycles. The molecule has 0 aliphatic carbocycles. The molecule has 1 aromatic carbocycles. The first-order valence-electron chi connectivity index (χ1n) is 7.27. The molecule has 0 spiro atoms. The van der Waals surface area contributed by atoms with Gasteiger partial charge in [-0.3, -0.25) is 0 Å². The lowest BCUT2D eigenvalue weighted by atomic mass is 9.92. The minimum absolute atomic E-state index is 0.223. The topological polar surface area (TPSA) is 15.3 Å². The molecule has 2 rings (SSSR count). The van der Waals surface area contributed by atoms with E-state index in [1.807, 2.05) is 0 Å². The maximum Gasteiger partial charge on any atom is 0.0413 e. The molecule has 19 heavy (non-hydrogen) atoms. The number of hydrogen-bond donors (Lipinski definition) is 1. The number of rotatable bonds is 3. The Bertz CT molecular complexity index is 446. The second-order valence-corrected chi connectivity index (χ2v) is 6.72. The molecule has 2 unspecified atom stereocenters. The Morgan fingerprint density at radius 2 is 2.16 bits per heavy atom. The molecule has 1 aromatic rings. The van der Waals surface area contributed by atoms with Crippen LogP contribution < -0.4 is 10.2 Å². The second kappa shape index (κ2) is 5.84. The summed E-state index contributed by atoms with van der Waals surface area (Å²) in [5.41, 5.74) is 2.95. The molecule has 1 N–H and O–H groups in total. The summed E-state index contributed by atoms with van der Waals surface area (Å²) >= 11 is 3.66. The molecule has 3 heteroatoms. The van der Waals surface area contributed by atoms with Gasteiger partial charge in [0.25, 0.3) is 0 Å². The van der Waals surface area contributed by atoms with Crippen molar-refractivity contribution in [1.82, 2.24) is 5.32 Å². The lowest BCUT2D eigenvalue weighted by Gasteiger charge is -2.47. The van der Waals surface area contributed by atoms with Crippen molar-refractivity contribution in [2.75, 3.05) is 18.0 Å². The molecule has 0 saturated carbocycles. The summed E-state index contributed by atoms with van der Waals surface area (Å²) in [6.45, 7) is 11.2. The molecule has 1 aliphatic heterocycles. The van der Waals surface area contributed by atoms with E-state index in [9.17, 15) is 0 Å². The Morgan fingerprint density at radius 3 is 2.79 bits per heavy atom. The number of anilines is 1. The van der Waals surface area contributed by atoms with Crippen LogP contribution in [0.1, 0.15) is 39.2 Å². The Labute approximate surface area is 125 Å². The van der Waals surface area contributed by atoms with Crippen LogP contribution in [0.2, 0.25) is 0 Å². The molecular weight excluding hydrogens is 300 g/mol. The van der Waals surface area contributed by atoms with Crippen molar-refractivity contribution in [3.05, 3.63) is 28.2 Å². The minimum atomic E-state index is 0.223. The van der Waals surface area contributed by atoms with Gasteiger partial charge in [-0.2, -0.15) is 0 Å². The largest absolute Gasteiger partial charge is 0.365 e. The average Bonchev–Trinajstić information content (AvgIpc) is 2.42. The highest BCUT2D eigenvalue weighted by Crippen LogP contribution is 2.32. The van der Waals surface area contributed by atoms with E-state index in [1.54, 1.807) is 0 Å². The first kappa shape index (κ1) is 14.9. The highest BCUT2D eigenvalue weighted by atomic mass is 79.9. The van der Waals surface area contributed by atoms with E-state index in [-0.39, 0.29) is 5.54 Å². The summed E-state index contributed by atoms with van der Waals surface area (Å²) in [7, 11) is 0. The van der Waals surface area contributed by atoms with Crippen LogP contribution in [0.4, 0.5) is 5.69 Å². The van der Waals surface area contributed by atoms with Gasteiger partial charge in [-0.25, -0.2) is 0 Å². The van der Waals surface area contributed by atoms with E-state index in [4.69, 9.17) is 0 Å². The van der Waals surface area contributed by atoms with Gasteiger partial charge in [0, 0.05) is 34.8 Å². The molecule has 0 radical (unpaired) electrons. The van der Waals surface area contributed by atoms with E-state index < -0.39 is 0 Å². The summed E-state index contributed by atoms with van der Waals surface area (Å²) in [6.07, 6.45) is 2.34. The lowest BCUT2D eigenvalue weighted by molar-refractivity contribution is 0.276. The van der Waals surface area contributed by atoms with Crippen molar-refractivity contribution in [1.29, 1.82) is 0 Å². The van der Waals surface area contributed by atoms with Crippen molar-refractivity contribution in [3.8, 4) is 0 Å². The van der Waals surface area contributed by atoms with Gasteiger partial charge in [0.2, 0.25) is 0 Å². The van der Waals surface area contributed by atoms with Crippen molar-refractivity contribution >= 4 is 21.6 Å². The molecule has 2 atom stereocenters. The fourth-order valence-electron chi connectivity index (χ4n) is 2.83. The zero-order valence-corrected chi connectivity index (χ0v) is 14.0. The van der Waals surface area contributed by atoms with Crippen molar-refractivity contribution < 1.29 is 0 Å². The predicted octanol–water partition coefficient (Wildman–Crippen LogP) is 4.11. The Kier molecular flexibility index (Phi) is 4.57. The lowest BCUT2D eigenvalue weighted by Crippen LogP contribution is -2.62. The quantitative estimate of drug-likeness (QED) is 0.899. The third kappa shape index (κ3) is 2.97. The van der Waals surface area contributed by atoms with Crippen LogP contribution in [0.25, 0.3) is 0 Å². The molecule has 1 aliphatic rings. The van der Waals surface area contributed by atoms with Crippen LogP contribution in [-0.2, 0) is 0 Å². The van der Waals surface area contributed by atoms with Crippen LogP contribution in [0.5, 0.6) is 0 Å². The number of nitrogens with one attached hydrogen (secondary N) is 1. The van der Waals surface area contributed by atoms with Crippen LogP contribution in [0.3, 0.4) is 0 Å². The van der Waals surface area contributed by atoms with E-state index in [0.717, 1.165) is 19.5 Å². The molecule has 106 valence electrons. The van der Waals surface area contributed by atoms with Gasteiger partial charge in [0.1, 0.15) is 0 Å². The van der Waals surface area contributed by atoms with Gasteiger partial charge in [-0.15, -0.1) is 0 Å². The van der Waals surface area contributed by atoms with Gasteiger partial charge in [-0.05, 0) is 44.4 Å². The predicted molar refractivity (Wildman–Crippen MR) is 87.0 cm³/mol. The third-order valence-electron chi connectivity index (χ3n) is 4.52. The summed E-state index contributed by atoms with van der Waals surface area (Å²) in [5, 5.41) is 3.73. The minimum Gasteiger partial charge on any atom is -0.365 e. The first-order chi connectivity index (χ1) is 9.00. The third-order valence-corrected chi connectivity index (χ3v) is 5.38. The van der Waals surface area contributed by atoms with E-state index >= 15 is 0 Å². The fraction of sp³-hybridized carbons (Fsp3) is 0.625. The summed E-state index contributed by atoms with van der Waals surface area (Å²) in [6, 6.07) is 7.11. The van der Waals surface area contributed by atoms with Crippen molar-refractivity contribution in [2.24, 2.45) is 0 Å². The van der Waals surface area contributed by atoms with Gasteiger partial charge >= 0.3 is 0 Å². The second-order valence-electron chi connectivity index (χ2n) is 5.87. The smallest absolute Gasteiger partial charge is 0.0413 e. The highest BCUT2D eigenvalue weighted by Gasteiger charge is 2.34. The SMILES string of the molecule is CCC1CNC(C)(CC)CN1c1cccc(Br)c1C. The Morgan fingerprint density at radius 1 is 1.42 bits per heavy atom. The van der Waals surface area contributed by atoms with Crippen LogP contribution in [0.15, 0.2) is 22.7 Å². The Balaban J connectivity index is 2.35. The summed E-state index contributed by atoms with van der Waals surface area (Å²) in [4.78, 5) is 2.60. The molecule has 1 fully saturated rings. The van der Waals surface area contributed by atoms with Gasteiger partial charge < -0.3 is 10.2 Å². The number of halogens is 1. The molecular formula is C16H25BrN2. The zero-order valence-electron chi connectivity index (χ0n) is 12.5. The standard InChI is InChI=1S/C16H25BrN2/c1-5-13-10-18-16(4,6-2)11-19(13)15-9-7-8-14(17)12(15)3/h7-9,13,18H,5-6,10-11H2,1-4H3. The normalized spacial score (nSPS) is 27.6. The van der Waals surface area contributed by atoms with Gasteiger partial charge in [0.15, 0.2) is 0 Å². The molecule has 0 aromatic heterocycles. The monoisotopic (exact) mass is 324 g/mol. The van der Waals surface area contributed by atoms with Gasteiger partial charge in [0.05, 0.1) is 0 Å². The fourth-order valence-corrected chi connectivity index (χ4v) is 3.18. The number of hydrogen-bond acceptors (Lipinski definition) is 2. The maximum absolute atomic E-state index is 3.73. The van der Waals surface area contributed by atoms with Crippen LogP contribution in [-0.4, -0.2) is 24.7 Å². The number of nitrogens with zero attached hydrogens (tertiary/aromatic N) is 1. The number of benzene rings is 1. The zero-order chi connectivity index (χ0) is 14.0. The molecule has 1 heterocycles. The van der Waals surface area contributed by atoms with Crippen LogP contribution >= 0.6 is 15.9 Å². The molecule has 0 bridgehead atoms. The average molecular weight is 325 g/mol. The Hall–Kier alpha value is -0.540. The van der Waals surface area contributed by atoms with E-state index in [0.29, 0.717) is 6.04 Å². The number of piperazine rings is 1. The van der Waals surface area contributed by atoms with Gasteiger partial charge in [-0.1, -0.05) is 35.8 Å². The maximum atomic E-state index is 3.73. The van der Waals surface area contributed by atoms with Crippen LogP contribution in [0, 0.1) is 6.92 Å². The van der Waals surface area contributed by atoms with Crippen molar-refractivity contribution in [2.45, 2.75) is 52.1 Å².